The lowest BCUT2D eigenvalue weighted by atomic mass is 10.1. The highest BCUT2D eigenvalue weighted by atomic mass is 32.2. The number of amides is 1. The Hall–Kier alpha value is -2.72. The van der Waals surface area contributed by atoms with Crippen molar-refractivity contribution in [3.05, 3.63) is 53.6 Å². The van der Waals surface area contributed by atoms with Gasteiger partial charge in [0.15, 0.2) is 11.5 Å². The largest absolute Gasteiger partial charge is 0.493 e. The van der Waals surface area contributed by atoms with Crippen molar-refractivity contribution in [3.8, 4) is 11.5 Å². The van der Waals surface area contributed by atoms with Gasteiger partial charge in [-0.2, -0.15) is 8.78 Å². The van der Waals surface area contributed by atoms with E-state index in [0.717, 1.165) is 0 Å². The van der Waals surface area contributed by atoms with Crippen molar-refractivity contribution in [2.75, 3.05) is 13.7 Å². The van der Waals surface area contributed by atoms with Crippen molar-refractivity contribution in [2.45, 2.75) is 44.2 Å². The smallest absolute Gasteiger partial charge is 0.387 e. The SMILES string of the molecule is CCC(C)NS(=O)(=O)c1ccc(C(=O)NCCc2ccc(OC)c(OC(F)F)c2)cc1. The summed E-state index contributed by atoms with van der Waals surface area (Å²) in [4.78, 5) is 12.4. The highest BCUT2D eigenvalue weighted by Gasteiger charge is 2.17. The Bertz CT molecular complexity index is 982. The van der Waals surface area contributed by atoms with E-state index in [1.165, 1.54) is 43.5 Å². The maximum absolute atomic E-state index is 12.5. The standard InChI is InChI=1S/C21H26F2N2O5S/c1-4-14(2)25-31(27,28)17-8-6-16(7-9-17)20(26)24-12-11-15-5-10-18(29-3)19(13-15)30-21(22)23/h5-10,13-14,21,25H,4,11-12H2,1-3H3,(H,24,26). The summed E-state index contributed by atoms with van der Waals surface area (Å²) in [6, 6.07) is 10.0. The van der Waals surface area contributed by atoms with Crippen molar-refractivity contribution in [2.24, 2.45) is 0 Å². The molecule has 170 valence electrons. The number of carbonyl (C=O) groups is 1. The predicted octanol–water partition coefficient (Wildman–Crippen LogP) is 3.35. The van der Waals surface area contributed by atoms with E-state index in [4.69, 9.17) is 4.74 Å². The van der Waals surface area contributed by atoms with E-state index < -0.39 is 16.6 Å². The highest BCUT2D eigenvalue weighted by molar-refractivity contribution is 7.89. The van der Waals surface area contributed by atoms with Gasteiger partial charge in [0.25, 0.3) is 5.91 Å². The first-order valence-corrected chi connectivity index (χ1v) is 11.2. The fraction of sp³-hybridized carbons (Fsp3) is 0.381. The third-order valence-electron chi connectivity index (χ3n) is 4.54. The molecule has 0 heterocycles. The molecule has 0 saturated heterocycles. The third kappa shape index (κ3) is 7.18. The molecule has 31 heavy (non-hydrogen) atoms. The van der Waals surface area contributed by atoms with Gasteiger partial charge in [0, 0.05) is 18.2 Å². The van der Waals surface area contributed by atoms with Gasteiger partial charge in [0.05, 0.1) is 12.0 Å². The first-order chi connectivity index (χ1) is 14.7. The number of ether oxygens (including phenoxy) is 2. The van der Waals surface area contributed by atoms with Gasteiger partial charge in [-0.15, -0.1) is 0 Å². The van der Waals surface area contributed by atoms with E-state index in [9.17, 15) is 22.0 Å². The molecule has 0 radical (unpaired) electrons. The Balaban J connectivity index is 1.96. The van der Waals surface area contributed by atoms with Crippen LogP contribution >= 0.6 is 0 Å². The third-order valence-corrected chi connectivity index (χ3v) is 6.14. The number of halogens is 2. The van der Waals surface area contributed by atoms with Crippen LogP contribution in [-0.2, 0) is 16.4 Å². The average Bonchev–Trinajstić information content (AvgIpc) is 2.73. The van der Waals surface area contributed by atoms with Gasteiger partial charge in [0.1, 0.15) is 0 Å². The molecular weight excluding hydrogens is 430 g/mol. The van der Waals surface area contributed by atoms with Crippen LogP contribution in [0.2, 0.25) is 0 Å². The van der Waals surface area contributed by atoms with Gasteiger partial charge in [-0.1, -0.05) is 13.0 Å². The van der Waals surface area contributed by atoms with E-state index in [-0.39, 0.29) is 34.9 Å². The fourth-order valence-electron chi connectivity index (χ4n) is 2.69. The first kappa shape index (κ1) is 24.5. The van der Waals surface area contributed by atoms with E-state index in [0.29, 0.717) is 24.0 Å². The summed E-state index contributed by atoms with van der Waals surface area (Å²) in [5.74, 6) is -0.272. The maximum Gasteiger partial charge on any atom is 0.387 e. The molecule has 0 saturated carbocycles. The molecule has 0 fully saturated rings. The molecule has 2 N–H and O–H groups in total. The monoisotopic (exact) mass is 456 g/mol. The molecule has 0 bridgehead atoms. The summed E-state index contributed by atoms with van der Waals surface area (Å²) in [7, 11) is -2.29. The quantitative estimate of drug-likeness (QED) is 0.541. The number of hydrogen-bond donors (Lipinski definition) is 2. The average molecular weight is 457 g/mol. The zero-order chi connectivity index (χ0) is 23.0. The topological polar surface area (TPSA) is 93.7 Å². The minimum atomic E-state index is -3.64. The van der Waals surface area contributed by atoms with Crippen LogP contribution in [0.4, 0.5) is 8.78 Å². The predicted molar refractivity (Wildman–Crippen MR) is 112 cm³/mol. The van der Waals surface area contributed by atoms with Crippen LogP contribution in [0.3, 0.4) is 0 Å². The molecule has 2 aromatic rings. The molecule has 2 aromatic carbocycles. The van der Waals surface area contributed by atoms with Gasteiger partial charge in [-0.05, 0) is 61.7 Å². The summed E-state index contributed by atoms with van der Waals surface area (Å²) in [5, 5.41) is 2.71. The number of rotatable bonds is 11. The molecule has 0 spiro atoms. The minimum Gasteiger partial charge on any atom is -0.493 e. The van der Waals surface area contributed by atoms with Crippen molar-refractivity contribution in [1.82, 2.24) is 10.0 Å². The van der Waals surface area contributed by atoms with Crippen LogP contribution in [0.15, 0.2) is 47.4 Å². The number of carbonyl (C=O) groups excluding carboxylic acids is 1. The van der Waals surface area contributed by atoms with Crippen LogP contribution in [0.25, 0.3) is 0 Å². The Kier molecular flexibility index (Phi) is 8.76. The second-order valence-electron chi connectivity index (χ2n) is 6.82. The van der Waals surface area contributed by atoms with E-state index in [2.05, 4.69) is 14.8 Å². The Morgan fingerprint density at radius 2 is 1.77 bits per heavy atom. The zero-order valence-corrected chi connectivity index (χ0v) is 18.3. The summed E-state index contributed by atoms with van der Waals surface area (Å²) in [5.41, 5.74) is 0.980. The zero-order valence-electron chi connectivity index (χ0n) is 17.5. The van der Waals surface area contributed by atoms with Gasteiger partial charge < -0.3 is 14.8 Å². The molecule has 1 unspecified atom stereocenters. The fourth-order valence-corrected chi connectivity index (χ4v) is 4.02. The summed E-state index contributed by atoms with van der Waals surface area (Å²) in [6.45, 7) is 0.912. The Morgan fingerprint density at radius 1 is 1.10 bits per heavy atom. The molecule has 0 aromatic heterocycles. The normalized spacial score (nSPS) is 12.5. The Labute approximate surface area is 180 Å². The van der Waals surface area contributed by atoms with Crippen LogP contribution < -0.4 is 19.5 Å². The molecular formula is C21H26F2N2O5S. The molecule has 2 rings (SSSR count). The van der Waals surface area contributed by atoms with Gasteiger partial charge in [-0.25, -0.2) is 13.1 Å². The molecule has 1 amide bonds. The van der Waals surface area contributed by atoms with Crippen LogP contribution in [0.1, 0.15) is 36.2 Å². The van der Waals surface area contributed by atoms with Gasteiger partial charge in [-0.3, -0.25) is 4.79 Å². The van der Waals surface area contributed by atoms with Crippen molar-refractivity contribution < 1.29 is 31.5 Å². The number of methoxy groups -OCH3 is 1. The number of hydrogen-bond acceptors (Lipinski definition) is 5. The molecule has 10 heteroatoms. The van der Waals surface area contributed by atoms with Gasteiger partial charge >= 0.3 is 6.61 Å². The van der Waals surface area contributed by atoms with Crippen molar-refractivity contribution in [1.29, 1.82) is 0 Å². The number of benzene rings is 2. The highest BCUT2D eigenvalue weighted by Crippen LogP contribution is 2.29. The lowest BCUT2D eigenvalue weighted by Crippen LogP contribution is -2.32. The lowest BCUT2D eigenvalue weighted by molar-refractivity contribution is -0.0512. The van der Waals surface area contributed by atoms with Crippen LogP contribution in [0, 0.1) is 0 Å². The minimum absolute atomic E-state index is 0.0779. The van der Waals surface area contributed by atoms with E-state index >= 15 is 0 Å². The first-order valence-electron chi connectivity index (χ1n) is 9.68. The molecule has 0 aliphatic rings. The summed E-state index contributed by atoms with van der Waals surface area (Å²) in [6.07, 6.45) is 1.03. The van der Waals surface area contributed by atoms with Crippen molar-refractivity contribution in [3.63, 3.8) is 0 Å². The van der Waals surface area contributed by atoms with E-state index in [1.807, 2.05) is 6.92 Å². The second-order valence-corrected chi connectivity index (χ2v) is 8.54. The summed E-state index contributed by atoms with van der Waals surface area (Å²) >= 11 is 0. The lowest BCUT2D eigenvalue weighted by Gasteiger charge is -2.13. The number of nitrogens with one attached hydrogen (secondary N) is 2. The summed E-state index contributed by atoms with van der Waals surface area (Å²) < 4.78 is 61.6. The Morgan fingerprint density at radius 3 is 2.35 bits per heavy atom. The molecule has 0 aliphatic carbocycles. The maximum atomic E-state index is 12.5. The second kappa shape index (κ2) is 11.1. The van der Waals surface area contributed by atoms with Crippen molar-refractivity contribution >= 4 is 15.9 Å². The molecule has 1 atom stereocenters. The number of alkyl halides is 2. The van der Waals surface area contributed by atoms with Crippen LogP contribution in [0.5, 0.6) is 11.5 Å². The molecule has 7 nitrogen and oxygen atoms in total. The van der Waals surface area contributed by atoms with E-state index in [1.54, 1.807) is 13.0 Å². The number of sulfonamides is 1. The molecule has 0 aliphatic heterocycles. The van der Waals surface area contributed by atoms with Gasteiger partial charge in [0.2, 0.25) is 10.0 Å². The van der Waals surface area contributed by atoms with Crippen LogP contribution in [-0.4, -0.2) is 40.6 Å².